The van der Waals surface area contributed by atoms with E-state index in [0.29, 0.717) is 0 Å². The van der Waals surface area contributed by atoms with Crippen LogP contribution in [-0.2, 0) is 0 Å². The molecule has 30 valence electrons. The van der Waals surface area contributed by atoms with Gasteiger partial charge in [-0.1, -0.05) is 18.8 Å². The van der Waals surface area contributed by atoms with E-state index in [1.165, 1.54) is 5.31 Å². The van der Waals surface area contributed by atoms with E-state index in [9.17, 15) is 0 Å². The summed E-state index contributed by atoms with van der Waals surface area (Å²) >= 11 is 0. The maximum atomic E-state index is 3.64. The number of hydrogen-bond donors (Lipinski definition) is 0. The van der Waals surface area contributed by atoms with Crippen LogP contribution < -0.4 is 0 Å². The minimum atomic E-state index is 1.07. The first-order chi connectivity index (χ1) is 2.27. The van der Waals surface area contributed by atoms with Gasteiger partial charge in [0.15, 0.2) is 0 Å². The van der Waals surface area contributed by atoms with Gasteiger partial charge in [0, 0.05) is 0 Å². The highest BCUT2D eigenvalue weighted by Gasteiger charge is 1.67. The monoisotopic (exact) mass is 88.0 g/mol. The summed E-state index contributed by atoms with van der Waals surface area (Å²) in [6.45, 7) is 5.72. The SMILES string of the molecule is C=C(P)CC. The van der Waals surface area contributed by atoms with Gasteiger partial charge in [0.2, 0.25) is 0 Å². The molecule has 0 nitrogen and oxygen atoms in total. The second-order valence-electron chi connectivity index (χ2n) is 1.01. The van der Waals surface area contributed by atoms with E-state index in [1.54, 1.807) is 0 Å². The highest BCUT2D eigenvalue weighted by Crippen LogP contribution is 2.03. The zero-order chi connectivity index (χ0) is 4.28. The largest absolute Gasteiger partial charge is 0.111 e. The molecule has 0 radical (unpaired) electrons. The van der Waals surface area contributed by atoms with Gasteiger partial charge in [-0.2, -0.15) is 0 Å². The van der Waals surface area contributed by atoms with Crippen molar-refractivity contribution in [3.63, 3.8) is 0 Å². The lowest BCUT2D eigenvalue weighted by Crippen LogP contribution is -1.51. The fraction of sp³-hybridized carbons (Fsp3) is 0.500. The minimum absolute atomic E-state index is 1.07. The second-order valence-corrected chi connectivity index (χ2v) is 1.83. The molecule has 0 fully saturated rings. The molecule has 1 heteroatoms. The molecule has 0 aliphatic rings. The van der Waals surface area contributed by atoms with Crippen molar-refractivity contribution in [2.75, 3.05) is 0 Å². The van der Waals surface area contributed by atoms with Gasteiger partial charge in [0.1, 0.15) is 0 Å². The fourth-order valence-corrected chi connectivity index (χ4v) is 0. The summed E-state index contributed by atoms with van der Waals surface area (Å²) in [5, 5.41) is 1.17. The van der Waals surface area contributed by atoms with Crippen LogP contribution >= 0.6 is 9.24 Å². The molecule has 0 amide bonds. The highest BCUT2D eigenvalue weighted by molar-refractivity contribution is 7.22. The second kappa shape index (κ2) is 2.41. The Hall–Kier alpha value is 0.170. The standard InChI is InChI=1S/C4H9P/c1-3-4(2)5/h2-3,5H2,1H3. The smallest absolute Gasteiger partial charge is 0.0314 e. The average molecular weight is 88.1 g/mol. The Labute approximate surface area is 35.5 Å². The van der Waals surface area contributed by atoms with Crippen molar-refractivity contribution in [3.8, 4) is 0 Å². The predicted molar refractivity (Wildman–Crippen MR) is 29.1 cm³/mol. The summed E-state index contributed by atoms with van der Waals surface area (Å²) in [7, 11) is 2.54. The summed E-state index contributed by atoms with van der Waals surface area (Å²) < 4.78 is 0. The predicted octanol–water partition coefficient (Wildman–Crippen LogP) is 1.79. The Morgan fingerprint density at radius 3 is 2.20 bits per heavy atom. The van der Waals surface area contributed by atoms with Crippen molar-refractivity contribution >= 4 is 9.24 Å². The highest BCUT2D eigenvalue weighted by atomic mass is 31.0. The molecule has 1 atom stereocenters. The van der Waals surface area contributed by atoms with Crippen LogP contribution in [0.1, 0.15) is 13.3 Å². The molecule has 0 N–H and O–H groups in total. The lowest BCUT2D eigenvalue weighted by atomic mass is 10.5. The van der Waals surface area contributed by atoms with E-state index >= 15 is 0 Å². The van der Waals surface area contributed by atoms with E-state index in [-0.39, 0.29) is 0 Å². The van der Waals surface area contributed by atoms with Crippen molar-refractivity contribution in [1.82, 2.24) is 0 Å². The molecular weight excluding hydrogens is 79.0 g/mol. The van der Waals surface area contributed by atoms with Crippen LogP contribution in [0.5, 0.6) is 0 Å². The van der Waals surface area contributed by atoms with Crippen LogP contribution in [-0.4, -0.2) is 0 Å². The lowest BCUT2D eigenvalue weighted by Gasteiger charge is -1.79. The minimum Gasteiger partial charge on any atom is -0.111 e. The summed E-state index contributed by atoms with van der Waals surface area (Å²) in [5.74, 6) is 0. The van der Waals surface area contributed by atoms with Crippen LogP contribution in [0, 0.1) is 0 Å². The summed E-state index contributed by atoms with van der Waals surface area (Å²) in [4.78, 5) is 0. The van der Waals surface area contributed by atoms with Gasteiger partial charge in [0.05, 0.1) is 0 Å². The third-order valence-electron chi connectivity index (χ3n) is 0.454. The van der Waals surface area contributed by atoms with Crippen LogP contribution in [0.15, 0.2) is 11.9 Å². The van der Waals surface area contributed by atoms with Gasteiger partial charge in [0.25, 0.3) is 0 Å². The normalized spacial score (nSPS) is 7.60. The first-order valence-electron chi connectivity index (χ1n) is 1.70. The molecule has 0 aromatic rings. The average Bonchev–Trinajstić information content (AvgIpc) is 1.38. The van der Waals surface area contributed by atoms with E-state index in [1.807, 2.05) is 0 Å². The maximum Gasteiger partial charge on any atom is -0.0314 e. The van der Waals surface area contributed by atoms with Gasteiger partial charge < -0.3 is 0 Å². The Balaban J connectivity index is 2.85. The van der Waals surface area contributed by atoms with Gasteiger partial charge in [-0.25, -0.2) is 0 Å². The Bertz CT molecular complexity index is 38.9. The van der Waals surface area contributed by atoms with Gasteiger partial charge >= 0.3 is 0 Å². The maximum absolute atomic E-state index is 3.64. The molecule has 5 heavy (non-hydrogen) atoms. The number of rotatable bonds is 1. The molecule has 0 bridgehead atoms. The molecule has 0 aromatic heterocycles. The van der Waals surface area contributed by atoms with E-state index in [0.717, 1.165) is 6.42 Å². The number of hydrogen-bond acceptors (Lipinski definition) is 0. The van der Waals surface area contributed by atoms with Gasteiger partial charge in [-0.3, -0.25) is 0 Å². The first-order valence-corrected chi connectivity index (χ1v) is 2.28. The molecule has 0 aliphatic carbocycles. The van der Waals surface area contributed by atoms with Crippen molar-refractivity contribution in [2.45, 2.75) is 13.3 Å². The van der Waals surface area contributed by atoms with Crippen molar-refractivity contribution in [1.29, 1.82) is 0 Å². The Morgan fingerprint density at radius 2 is 2.20 bits per heavy atom. The molecule has 1 unspecified atom stereocenters. The fourth-order valence-electron chi connectivity index (χ4n) is 0. The van der Waals surface area contributed by atoms with E-state index < -0.39 is 0 Å². The van der Waals surface area contributed by atoms with Gasteiger partial charge in [-0.15, -0.1) is 9.24 Å². The topological polar surface area (TPSA) is 0 Å². The first kappa shape index (κ1) is 5.17. The zero-order valence-corrected chi connectivity index (χ0v) is 4.65. The van der Waals surface area contributed by atoms with Crippen LogP contribution in [0.2, 0.25) is 0 Å². The van der Waals surface area contributed by atoms with Crippen molar-refractivity contribution in [3.05, 3.63) is 11.9 Å². The molecule has 0 aliphatic heterocycles. The molecule has 0 saturated heterocycles. The third-order valence-corrected chi connectivity index (χ3v) is 0.862. The zero-order valence-electron chi connectivity index (χ0n) is 3.49. The molecule has 0 spiro atoms. The van der Waals surface area contributed by atoms with E-state index in [2.05, 4.69) is 22.7 Å². The Kier molecular flexibility index (Phi) is 2.49. The summed E-state index contributed by atoms with van der Waals surface area (Å²) in [6.07, 6.45) is 1.07. The van der Waals surface area contributed by atoms with Crippen LogP contribution in [0.25, 0.3) is 0 Å². The summed E-state index contributed by atoms with van der Waals surface area (Å²) in [6, 6.07) is 0. The van der Waals surface area contributed by atoms with Crippen LogP contribution in [0.3, 0.4) is 0 Å². The molecular formula is C4H9P. The molecule has 0 rings (SSSR count). The molecule has 0 heterocycles. The van der Waals surface area contributed by atoms with Gasteiger partial charge in [-0.05, 0) is 6.42 Å². The number of allylic oxidation sites excluding steroid dienone is 1. The van der Waals surface area contributed by atoms with Crippen molar-refractivity contribution < 1.29 is 0 Å². The molecule has 0 saturated carbocycles. The summed E-state index contributed by atoms with van der Waals surface area (Å²) in [5.41, 5.74) is 0. The van der Waals surface area contributed by atoms with E-state index in [4.69, 9.17) is 0 Å². The van der Waals surface area contributed by atoms with Crippen LogP contribution in [0.4, 0.5) is 0 Å². The lowest BCUT2D eigenvalue weighted by molar-refractivity contribution is 1.21. The quantitative estimate of drug-likeness (QED) is 0.428. The molecule has 0 aromatic carbocycles. The third kappa shape index (κ3) is 4.17. The van der Waals surface area contributed by atoms with Crippen molar-refractivity contribution in [2.24, 2.45) is 0 Å². The Morgan fingerprint density at radius 1 is 2.00 bits per heavy atom.